The van der Waals surface area contributed by atoms with E-state index in [0.29, 0.717) is 23.3 Å². The average molecular weight is 319 g/mol. The lowest BCUT2D eigenvalue weighted by atomic mass is 10.3. The highest BCUT2D eigenvalue weighted by Gasteiger charge is 2.13. The second-order valence-electron chi connectivity index (χ2n) is 4.85. The summed E-state index contributed by atoms with van der Waals surface area (Å²) in [6.45, 7) is 4.40. The quantitative estimate of drug-likeness (QED) is 0.723. The predicted octanol–water partition coefficient (Wildman–Crippen LogP) is 3.16. The van der Waals surface area contributed by atoms with Crippen molar-refractivity contribution < 1.29 is 9.26 Å². The highest BCUT2D eigenvalue weighted by molar-refractivity contribution is 6.31. The standard InChI is InChI=1S/C15H15ClN4O2/c1-10-15(16)11(2)20(18-10)8-14-17-13(19-22-14)9-21-12-6-4-3-5-7-12/h3-7H,8-9H2,1-2H3. The van der Waals surface area contributed by atoms with E-state index < -0.39 is 0 Å². The molecule has 0 aliphatic heterocycles. The molecule has 0 fully saturated rings. The summed E-state index contributed by atoms with van der Waals surface area (Å²) in [6, 6.07) is 9.49. The Bertz CT molecular complexity index is 767. The fourth-order valence-electron chi connectivity index (χ4n) is 2.03. The van der Waals surface area contributed by atoms with Gasteiger partial charge in [-0.25, -0.2) is 0 Å². The first-order valence-corrected chi connectivity index (χ1v) is 7.20. The molecule has 0 saturated carbocycles. The molecular formula is C15H15ClN4O2. The number of aromatic nitrogens is 4. The van der Waals surface area contributed by atoms with Gasteiger partial charge in [0.1, 0.15) is 12.3 Å². The van der Waals surface area contributed by atoms with Crippen LogP contribution in [0.25, 0.3) is 0 Å². The molecule has 0 atom stereocenters. The van der Waals surface area contributed by atoms with Gasteiger partial charge in [0.25, 0.3) is 0 Å². The first-order chi connectivity index (χ1) is 10.6. The second-order valence-corrected chi connectivity index (χ2v) is 5.23. The van der Waals surface area contributed by atoms with E-state index in [9.17, 15) is 0 Å². The normalized spacial score (nSPS) is 10.9. The molecule has 0 N–H and O–H groups in total. The van der Waals surface area contributed by atoms with E-state index in [-0.39, 0.29) is 6.61 Å². The summed E-state index contributed by atoms with van der Waals surface area (Å²) >= 11 is 6.12. The zero-order valence-electron chi connectivity index (χ0n) is 12.3. The third-order valence-corrected chi connectivity index (χ3v) is 3.75. The van der Waals surface area contributed by atoms with Crippen molar-refractivity contribution in [1.82, 2.24) is 19.9 Å². The van der Waals surface area contributed by atoms with Crippen LogP contribution in [0.1, 0.15) is 23.1 Å². The Morgan fingerprint density at radius 2 is 2.00 bits per heavy atom. The van der Waals surface area contributed by atoms with Gasteiger partial charge in [-0.15, -0.1) is 0 Å². The van der Waals surface area contributed by atoms with Crippen LogP contribution in [0.4, 0.5) is 0 Å². The lowest BCUT2D eigenvalue weighted by Gasteiger charge is -2.01. The zero-order chi connectivity index (χ0) is 15.5. The van der Waals surface area contributed by atoms with Crippen LogP contribution in [0.3, 0.4) is 0 Å². The number of ether oxygens (including phenoxy) is 1. The number of hydrogen-bond acceptors (Lipinski definition) is 5. The highest BCUT2D eigenvalue weighted by Crippen LogP contribution is 2.19. The molecule has 0 saturated heterocycles. The van der Waals surface area contributed by atoms with E-state index >= 15 is 0 Å². The molecule has 0 amide bonds. The van der Waals surface area contributed by atoms with Gasteiger partial charge < -0.3 is 9.26 Å². The molecule has 6 nitrogen and oxygen atoms in total. The lowest BCUT2D eigenvalue weighted by Crippen LogP contribution is -2.05. The van der Waals surface area contributed by atoms with Gasteiger partial charge in [0.2, 0.25) is 11.7 Å². The molecule has 0 radical (unpaired) electrons. The van der Waals surface area contributed by atoms with Crippen LogP contribution in [-0.4, -0.2) is 19.9 Å². The Balaban J connectivity index is 1.65. The number of hydrogen-bond donors (Lipinski definition) is 0. The number of nitrogens with zero attached hydrogens (tertiary/aromatic N) is 4. The minimum absolute atomic E-state index is 0.255. The molecule has 0 bridgehead atoms. The van der Waals surface area contributed by atoms with Crippen LogP contribution in [-0.2, 0) is 13.2 Å². The van der Waals surface area contributed by atoms with Crippen LogP contribution in [0.15, 0.2) is 34.9 Å². The molecule has 1 aromatic carbocycles. The molecule has 0 aliphatic rings. The van der Waals surface area contributed by atoms with E-state index in [2.05, 4.69) is 15.2 Å². The monoisotopic (exact) mass is 318 g/mol. The van der Waals surface area contributed by atoms with Crippen molar-refractivity contribution in [2.45, 2.75) is 27.0 Å². The largest absolute Gasteiger partial charge is 0.485 e. The van der Waals surface area contributed by atoms with Crippen LogP contribution in [0, 0.1) is 13.8 Å². The van der Waals surface area contributed by atoms with E-state index in [1.165, 1.54) is 0 Å². The van der Waals surface area contributed by atoms with Crippen molar-refractivity contribution in [2.75, 3.05) is 0 Å². The summed E-state index contributed by atoms with van der Waals surface area (Å²) < 4.78 is 12.5. The molecule has 0 aliphatic carbocycles. The van der Waals surface area contributed by atoms with Gasteiger partial charge in [0.05, 0.1) is 16.4 Å². The fourth-order valence-corrected chi connectivity index (χ4v) is 2.17. The molecule has 0 unspecified atom stereocenters. The van der Waals surface area contributed by atoms with E-state index in [1.807, 2.05) is 44.2 Å². The van der Waals surface area contributed by atoms with Gasteiger partial charge in [-0.05, 0) is 26.0 Å². The SMILES string of the molecule is Cc1nn(Cc2nc(COc3ccccc3)no2)c(C)c1Cl. The Hall–Kier alpha value is -2.34. The van der Waals surface area contributed by atoms with Gasteiger partial charge in [0.15, 0.2) is 6.61 Å². The number of rotatable bonds is 5. The lowest BCUT2D eigenvalue weighted by molar-refractivity contribution is 0.284. The van der Waals surface area contributed by atoms with E-state index in [0.717, 1.165) is 17.1 Å². The van der Waals surface area contributed by atoms with Gasteiger partial charge in [-0.3, -0.25) is 4.68 Å². The summed E-state index contributed by atoms with van der Waals surface area (Å²) in [5, 5.41) is 8.89. The Kier molecular flexibility index (Phi) is 4.11. The first-order valence-electron chi connectivity index (χ1n) is 6.82. The number of benzene rings is 1. The molecule has 114 valence electrons. The molecule has 3 aromatic rings. The summed E-state index contributed by atoms with van der Waals surface area (Å²) in [7, 11) is 0. The summed E-state index contributed by atoms with van der Waals surface area (Å²) in [4.78, 5) is 4.29. The first kappa shape index (κ1) is 14.6. The third kappa shape index (κ3) is 3.12. The summed E-state index contributed by atoms with van der Waals surface area (Å²) in [5.41, 5.74) is 1.66. The van der Waals surface area contributed by atoms with Crippen LogP contribution >= 0.6 is 11.6 Å². The van der Waals surface area contributed by atoms with Gasteiger partial charge in [0, 0.05) is 0 Å². The van der Waals surface area contributed by atoms with Crippen molar-refractivity contribution in [3.05, 3.63) is 58.5 Å². The number of aryl methyl sites for hydroxylation is 1. The van der Waals surface area contributed by atoms with Gasteiger partial charge in [-0.1, -0.05) is 35.0 Å². The van der Waals surface area contributed by atoms with E-state index in [1.54, 1.807) is 4.68 Å². The molecule has 0 spiro atoms. The number of para-hydroxylation sites is 1. The predicted molar refractivity (Wildman–Crippen MR) is 80.9 cm³/mol. The Morgan fingerprint density at radius 1 is 1.23 bits per heavy atom. The summed E-state index contributed by atoms with van der Waals surface area (Å²) in [6.07, 6.45) is 0. The smallest absolute Gasteiger partial charge is 0.248 e. The van der Waals surface area contributed by atoms with Gasteiger partial charge >= 0.3 is 0 Å². The van der Waals surface area contributed by atoms with Crippen molar-refractivity contribution in [1.29, 1.82) is 0 Å². The maximum atomic E-state index is 6.12. The third-order valence-electron chi connectivity index (χ3n) is 3.20. The Morgan fingerprint density at radius 3 is 2.68 bits per heavy atom. The molecule has 2 aromatic heterocycles. The highest BCUT2D eigenvalue weighted by atomic mass is 35.5. The molecule has 7 heteroatoms. The van der Waals surface area contributed by atoms with E-state index in [4.69, 9.17) is 20.9 Å². The van der Waals surface area contributed by atoms with Crippen LogP contribution in [0.5, 0.6) is 5.75 Å². The second kappa shape index (κ2) is 6.19. The maximum Gasteiger partial charge on any atom is 0.248 e. The van der Waals surface area contributed by atoms with Crippen molar-refractivity contribution >= 4 is 11.6 Å². The van der Waals surface area contributed by atoms with Crippen molar-refractivity contribution in [3.63, 3.8) is 0 Å². The molecule has 2 heterocycles. The number of halogens is 1. The average Bonchev–Trinajstić information content (AvgIpc) is 3.07. The fraction of sp³-hybridized carbons (Fsp3) is 0.267. The minimum atomic E-state index is 0.255. The Labute approximate surface area is 132 Å². The molecule has 3 rings (SSSR count). The van der Waals surface area contributed by atoms with Crippen molar-refractivity contribution in [3.8, 4) is 5.75 Å². The minimum Gasteiger partial charge on any atom is -0.485 e. The topological polar surface area (TPSA) is 66.0 Å². The van der Waals surface area contributed by atoms with Crippen LogP contribution < -0.4 is 4.74 Å². The van der Waals surface area contributed by atoms with Crippen LogP contribution in [0.2, 0.25) is 5.02 Å². The summed E-state index contributed by atoms with van der Waals surface area (Å²) in [5.74, 6) is 1.72. The molecular weight excluding hydrogens is 304 g/mol. The zero-order valence-corrected chi connectivity index (χ0v) is 13.0. The maximum absolute atomic E-state index is 6.12. The molecule has 22 heavy (non-hydrogen) atoms. The van der Waals surface area contributed by atoms with Gasteiger partial charge in [-0.2, -0.15) is 10.1 Å². The van der Waals surface area contributed by atoms with Crippen molar-refractivity contribution in [2.24, 2.45) is 0 Å².